The van der Waals surface area contributed by atoms with Crippen LogP contribution in [0.15, 0.2) is 29.8 Å². The number of aromatic nitrogens is 1. The van der Waals surface area contributed by atoms with Crippen molar-refractivity contribution in [3.8, 4) is 11.8 Å². The third-order valence-corrected chi connectivity index (χ3v) is 3.95. The summed E-state index contributed by atoms with van der Waals surface area (Å²) >= 11 is 1.59. The average molecular weight is 302 g/mol. The highest BCUT2D eigenvalue weighted by atomic mass is 32.1. The van der Waals surface area contributed by atoms with Crippen LogP contribution in [0.1, 0.15) is 27.3 Å². The molecule has 110 valence electrons. The summed E-state index contributed by atoms with van der Waals surface area (Å²) in [6, 6.07) is 5.67. The fourth-order valence-electron chi connectivity index (χ4n) is 1.93. The van der Waals surface area contributed by atoms with E-state index in [1.807, 2.05) is 41.4 Å². The van der Waals surface area contributed by atoms with E-state index >= 15 is 0 Å². The molecule has 0 aliphatic rings. The smallest absolute Gasteiger partial charge is 0.270 e. The molecule has 0 aliphatic carbocycles. The first kappa shape index (κ1) is 15.4. The van der Waals surface area contributed by atoms with Crippen molar-refractivity contribution in [2.45, 2.75) is 13.0 Å². The summed E-state index contributed by atoms with van der Waals surface area (Å²) in [4.78, 5) is 15.1. The Morgan fingerprint density at radius 1 is 1.52 bits per heavy atom. The van der Waals surface area contributed by atoms with Gasteiger partial charge in [0.15, 0.2) is 0 Å². The number of aliphatic hydroxyl groups excluding tert-OH is 1. The monoisotopic (exact) mass is 302 g/mol. The molecule has 0 saturated heterocycles. The number of amides is 1. The molecule has 2 heterocycles. The zero-order valence-electron chi connectivity index (χ0n) is 12.2. The first-order valence-electron chi connectivity index (χ1n) is 6.65. The summed E-state index contributed by atoms with van der Waals surface area (Å²) in [6.07, 6.45) is 2.35. The number of hydrogen-bond donors (Lipinski definition) is 1. The van der Waals surface area contributed by atoms with E-state index in [0.717, 1.165) is 10.4 Å². The fourth-order valence-corrected chi connectivity index (χ4v) is 2.80. The van der Waals surface area contributed by atoms with E-state index in [0.29, 0.717) is 18.7 Å². The van der Waals surface area contributed by atoms with E-state index in [1.54, 1.807) is 23.3 Å². The first-order chi connectivity index (χ1) is 10.1. The summed E-state index contributed by atoms with van der Waals surface area (Å²) < 4.78 is 1.82. The van der Waals surface area contributed by atoms with Crippen LogP contribution in [0.25, 0.3) is 0 Å². The summed E-state index contributed by atoms with van der Waals surface area (Å²) in [7, 11) is 3.66. The maximum Gasteiger partial charge on any atom is 0.270 e. The van der Waals surface area contributed by atoms with E-state index in [2.05, 4.69) is 11.8 Å². The van der Waals surface area contributed by atoms with Gasteiger partial charge in [0.05, 0.1) is 13.2 Å². The van der Waals surface area contributed by atoms with Crippen molar-refractivity contribution in [1.29, 1.82) is 0 Å². The zero-order chi connectivity index (χ0) is 15.2. The van der Waals surface area contributed by atoms with Gasteiger partial charge >= 0.3 is 0 Å². The van der Waals surface area contributed by atoms with Gasteiger partial charge in [0, 0.05) is 42.5 Å². The highest BCUT2D eigenvalue weighted by molar-refractivity contribution is 7.10. The zero-order valence-corrected chi connectivity index (χ0v) is 13.0. The molecular weight excluding hydrogens is 284 g/mol. The molecule has 2 aromatic heterocycles. The lowest BCUT2D eigenvalue weighted by Gasteiger charge is -2.16. The Labute approximate surface area is 128 Å². The topological polar surface area (TPSA) is 45.5 Å². The number of aryl methyl sites for hydroxylation is 1. The van der Waals surface area contributed by atoms with Gasteiger partial charge in [-0.1, -0.05) is 11.8 Å². The van der Waals surface area contributed by atoms with Crippen LogP contribution in [-0.2, 0) is 13.6 Å². The molecule has 0 bridgehead atoms. The highest BCUT2D eigenvalue weighted by Crippen LogP contribution is 2.17. The predicted octanol–water partition coefficient (Wildman–Crippen LogP) is 2.09. The molecule has 0 radical (unpaired) electrons. The number of carbonyl (C=O) groups is 1. The molecule has 0 atom stereocenters. The Balaban J connectivity index is 2.00. The number of aliphatic hydroxyl groups is 1. The van der Waals surface area contributed by atoms with Gasteiger partial charge in [-0.05, 0) is 18.2 Å². The van der Waals surface area contributed by atoms with Crippen molar-refractivity contribution < 1.29 is 9.90 Å². The van der Waals surface area contributed by atoms with Gasteiger partial charge in [0.1, 0.15) is 5.69 Å². The third-order valence-electron chi connectivity index (χ3n) is 3.03. The number of carbonyl (C=O) groups excluding carboxylic acids is 1. The lowest BCUT2D eigenvalue weighted by atomic mass is 10.3. The molecule has 5 heteroatoms. The Morgan fingerprint density at radius 3 is 3.00 bits per heavy atom. The van der Waals surface area contributed by atoms with Crippen LogP contribution in [0.2, 0.25) is 0 Å². The van der Waals surface area contributed by atoms with E-state index in [-0.39, 0.29) is 12.5 Å². The number of rotatable bonds is 4. The molecule has 2 rings (SSSR count). The summed E-state index contributed by atoms with van der Waals surface area (Å²) in [6.45, 7) is 0.647. The molecule has 21 heavy (non-hydrogen) atoms. The van der Waals surface area contributed by atoms with Crippen LogP contribution in [0.3, 0.4) is 0 Å². The maximum atomic E-state index is 12.3. The van der Waals surface area contributed by atoms with Gasteiger partial charge in [0.25, 0.3) is 5.91 Å². The molecule has 0 fully saturated rings. The first-order valence-corrected chi connectivity index (χ1v) is 7.53. The van der Waals surface area contributed by atoms with Gasteiger partial charge < -0.3 is 14.6 Å². The highest BCUT2D eigenvalue weighted by Gasteiger charge is 2.15. The average Bonchev–Trinajstić information content (AvgIpc) is 3.07. The van der Waals surface area contributed by atoms with Crippen LogP contribution in [-0.4, -0.2) is 34.1 Å². The van der Waals surface area contributed by atoms with Crippen LogP contribution in [0.4, 0.5) is 0 Å². The second kappa shape index (κ2) is 7.11. The van der Waals surface area contributed by atoms with Crippen molar-refractivity contribution in [1.82, 2.24) is 9.47 Å². The summed E-state index contributed by atoms with van der Waals surface area (Å²) in [5.41, 5.74) is 1.61. The summed E-state index contributed by atoms with van der Waals surface area (Å²) in [5.74, 6) is 5.89. The van der Waals surface area contributed by atoms with Crippen molar-refractivity contribution in [2.75, 3.05) is 13.7 Å². The Hall–Kier alpha value is -2.03. The van der Waals surface area contributed by atoms with Crippen molar-refractivity contribution in [3.63, 3.8) is 0 Å². The van der Waals surface area contributed by atoms with Crippen LogP contribution >= 0.6 is 11.3 Å². The predicted molar refractivity (Wildman–Crippen MR) is 84.1 cm³/mol. The standard InChI is InChI=1S/C16H18N2O2S/c1-17-8-5-7-15(17)16(20)18(2)11-14-10-13(12-21-14)6-3-4-9-19/h5,7-8,10,12,19H,4,9,11H2,1-2H3. The number of thiophene rings is 1. The second-order valence-electron chi connectivity index (χ2n) is 4.74. The Bertz CT molecular complexity index is 676. The largest absolute Gasteiger partial charge is 0.395 e. The molecule has 0 aliphatic heterocycles. The molecule has 2 aromatic rings. The lowest BCUT2D eigenvalue weighted by molar-refractivity contribution is 0.0777. The van der Waals surface area contributed by atoms with Gasteiger partial charge in [-0.3, -0.25) is 4.79 Å². The molecule has 4 nitrogen and oxygen atoms in total. The molecule has 0 spiro atoms. The van der Waals surface area contributed by atoms with Crippen LogP contribution < -0.4 is 0 Å². The molecule has 0 unspecified atom stereocenters. The quantitative estimate of drug-likeness (QED) is 0.879. The van der Waals surface area contributed by atoms with Crippen molar-refractivity contribution >= 4 is 17.2 Å². The number of nitrogens with zero attached hydrogens (tertiary/aromatic N) is 2. The summed E-state index contributed by atoms with van der Waals surface area (Å²) in [5, 5.41) is 10.7. The van der Waals surface area contributed by atoms with Gasteiger partial charge in [0.2, 0.25) is 0 Å². The van der Waals surface area contributed by atoms with Gasteiger partial charge in [-0.25, -0.2) is 0 Å². The molecule has 0 aromatic carbocycles. The number of hydrogen-bond acceptors (Lipinski definition) is 3. The third kappa shape index (κ3) is 3.97. The molecule has 0 saturated carbocycles. The normalized spacial score (nSPS) is 10.0. The van der Waals surface area contributed by atoms with E-state index in [9.17, 15) is 4.79 Å². The van der Waals surface area contributed by atoms with E-state index in [1.165, 1.54) is 0 Å². The molecular formula is C16H18N2O2S. The fraction of sp³-hybridized carbons (Fsp3) is 0.312. The van der Waals surface area contributed by atoms with Gasteiger partial charge in [-0.15, -0.1) is 11.3 Å². The van der Waals surface area contributed by atoms with Crippen molar-refractivity contribution in [3.05, 3.63) is 45.9 Å². The Morgan fingerprint density at radius 2 is 2.33 bits per heavy atom. The minimum atomic E-state index is 0.00353. The van der Waals surface area contributed by atoms with Crippen molar-refractivity contribution in [2.24, 2.45) is 7.05 Å². The minimum absolute atomic E-state index is 0.00353. The Kier molecular flexibility index (Phi) is 5.20. The van der Waals surface area contributed by atoms with Gasteiger partial charge in [-0.2, -0.15) is 0 Å². The second-order valence-corrected chi connectivity index (χ2v) is 5.74. The van der Waals surface area contributed by atoms with Crippen LogP contribution in [0, 0.1) is 11.8 Å². The SMILES string of the molecule is CN(Cc1cc(C#CCCO)cs1)C(=O)c1cccn1C. The molecule has 1 amide bonds. The van der Waals surface area contributed by atoms with Crippen LogP contribution in [0.5, 0.6) is 0 Å². The molecule has 1 N–H and O–H groups in total. The maximum absolute atomic E-state index is 12.3. The lowest BCUT2D eigenvalue weighted by Crippen LogP contribution is -2.27. The minimum Gasteiger partial charge on any atom is -0.395 e. The van der Waals surface area contributed by atoms with E-state index < -0.39 is 0 Å². The van der Waals surface area contributed by atoms with E-state index in [4.69, 9.17) is 5.11 Å².